The van der Waals surface area contributed by atoms with Gasteiger partial charge in [0, 0.05) is 51.4 Å². The summed E-state index contributed by atoms with van der Waals surface area (Å²) in [6.07, 6.45) is 7.75. The molecule has 0 atom stereocenters. The van der Waals surface area contributed by atoms with Crippen molar-refractivity contribution < 1.29 is 9.59 Å². The first-order valence-corrected chi connectivity index (χ1v) is 18.2. The van der Waals surface area contributed by atoms with E-state index >= 15 is 0 Å². The van der Waals surface area contributed by atoms with Gasteiger partial charge >= 0.3 is 0 Å². The molecule has 2 amide bonds. The molecule has 50 heavy (non-hydrogen) atoms. The van der Waals surface area contributed by atoms with E-state index in [4.69, 9.17) is 0 Å². The number of aromatic nitrogens is 1. The lowest BCUT2D eigenvalue weighted by Crippen LogP contribution is -2.41. The van der Waals surface area contributed by atoms with Gasteiger partial charge in [0.05, 0.1) is 0 Å². The first kappa shape index (κ1) is 30.6. The highest BCUT2D eigenvalue weighted by atomic mass is 16.2. The van der Waals surface area contributed by atoms with E-state index in [0.29, 0.717) is 17.7 Å². The van der Waals surface area contributed by atoms with E-state index in [0.717, 1.165) is 68.7 Å². The highest BCUT2D eigenvalue weighted by molar-refractivity contribution is 6.25. The van der Waals surface area contributed by atoms with Crippen molar-refractivity contribution in [2.45, 2.75) is 57.9 Å². The van der Waals surface area contributed by atoms with Gasteiger partial charge in [-0.05, 0) is 114 Å². The van der Waals surface area contributed by atoms with E-state index in [1.807, 2.05) is 36.4 Å². The lowest BCUT2D eigenvalue weighted by atomic mass is 9.89. The molecule has 6 aromatic carbocycles. The second kappa shape index (κ2) is 12.8. The van der Waals surface area contributed by atoms with Crippen LogP contribution in [0.3, 0.4) is 0 Å². The Morgan fingerprint density at radius 2 is 1.02 bits per heavy atom. The van der Waals surface area contributed by atoms with Gasteiger partial charge in [-0.25, -0.2) is 0 Å². The topological polar surface area (TPSA) is 42.3 Å². The number of nitrogens with zero attached hydrogens (tertiary/aromatic N) is 2. The Labute approximate surface area is 293 Å². The molecule has 0 radical (unpaired) electrons. The van der Waals surface area contributed by atoms with E-state index in [-0.39, 0.29) is 11.8 Å². The molecule has 0 saturated heterocycles. The maximum Gasteiger partial charge on any atom is 0.261 e. The summed E-state index contributed by atoms with van der Waals surface area (Å²) in [7, 11) is 0. The van der Waals surface area contributed by atoms with Crippen LogP contribution < -0.4 is 0 Å². The SMILES string of the molecule is O=C1c2cccc3cccc(c23)C(=O)N1CCCc1cc2ccc1CCc1ccc(c(CCCn3c4ccccc4c4ccccc43)c1)CC2. The van der Waals surface area contributed by atoms with Crippen molar-refractivity contribution in [3.63, 3.8) is 0 Å². The van der Waals surface area contributed by atoms with E-state index in [1.54, 1.807) is 0 Å². The predicted octanol–water partition coefficient (Wildman–Crippen LogP) is 9.69. The minimum Gasteiger partial charge on any atom is -0.340 e. The van der Waals surface area contributed by atoms with E-state index in [9.17, 15) is 9.59 Å². The number of aryl methyl sites for hydroxylation is 7. The second-order valence-electron chi connectivity index (χ2n) is 14.1. The highest BCUT2D eigenvalue weighted by Gasteiger charge is 2.32. The number of imide groups is 1. The summed E-state index contributed by atoms with van der Waals surface area (Å²) in [4.78, 5) is 28.4. The number of amides is 2. The van der Waals surface area contributed by atoms with Crippen molar-refractivity contribution in [2.75, 3.05) is 6.54 Å². The zero-order valence-corrected chi connectivity index (χ0v) is 28.3. The third kappa shape index (κ3) is 5.40. The van der Waals surface area contributed by atoms with Crippen LogP contribution in [0, 0.1) is 0 Å². The summed E-state index contributed by atoms with van der Waals surface area (Å²) in [6.45, 7) is 1.42. The molecule has 0 unspecified atom stereocenters. The van der Waals surface area contributed by atoms with Gasteiger partial charge in [-0.15, -0.1) is 0 Å². The normalized spacial score (nSPS) is 14.2. The Morgan fingerprint density at radius 1 is 0.500 bits per heavy atom. The third-order valence-corrected chi connectivity index (χ3v) is 11.1. The smallest absolute Gasteiger partial charge is 0.261 e. The standard InChI is InChI=1S/C46H40N2O2/c49-45-40-15-5-9-35-10-6-16-41(44(35)40)46(50)48(45)28-8-12-37-30-32-20-24-33-23-19-31(21-25-34(37)26-22-32)29-36(33)11-7-27-47-42-17-3-1-13-38(42)39-14-2-4-18-43(39)47/h1-6,9-10,13-19,22-23,26,29-30H,7-8,11-12,20-21,24-25,27-28H2. The van der Waals surface area contributed by atoms with Crippen molar-refractivity contribution >= 4 is 44.4 Å². The molecule has 2 heterocycles. The predicted molar refractivity (Wildman–Crippen MR) is 203 cm³/mol. The molecule has 4 nitrogen and oxygen atoms in total. The number of rotatable bonds is 8. The first-order chi connectivity index (χ1) is 24.6. The molecule has 5 aliphatic rings. The fraction of sp³-hybridized carbons (Fsp3) is 0.217. The van der Waals surface area contributed by atoms with Crippen molar-refractivity contribution in [1.82, 2.24) is 9.47 Å². The Balaban J connectivity index is 0.890. The van der Waals surface area contributed by atoms with E-state index in [1.165, 1.54) is 60.1 Å². The largest absolute Gasteiger partial charge is 0.340 e. The molecule has 1 aliphatic heterocycles. The van der Waals surface area contributed by atoms with Gasteiger partial charge in [0.2, 0.25) is 0 Å². The summed E-state index contributed by atoms with van der Waals surface area (Å²) in [5, 5.41) is 4.40. The summed E-state index contributed by atoms with van der Waals surface area (Å²) >= 11 is 0. The van der Waals surface area contributed by atoms with E-state index in [2.05, 4.69) is 89.5 Å². The Kier molecular flexibility index (Phi) is 7.80. The first-order valence-electron chi connectivity index (χ1n) is 18.2. The summed E-state index contributed by atoms with van der Waals surface area (Å²) in [5.41, 5.74) is 12.3. The van der Waals surface area contributed by atoms with Gasteiger partial charge in [-0.1, -0.05) is 97.1 Å². The Hall–Kier alpha value is -5.48. The number of carbonyl (C=O) groups excluding carboxylic acids is 2. The molecule has 1 aromatic heterocycles. The number of carbonyl (C=O) groups is 2. The number of benzene rings is 6. The van der Waals surface area contributed by atoms with Gasteiger partial charge in [0.15, 0.2) is 0 Å². The van der Waals surface area contributed by atoms with Crippen LogP contribution in [0.2, 0.25) is 0 Å². The van der Waals surface area contributed by atoms with Crippen molar-refractivity contribution in [2.24, 2.45) is 0 Å². The zero-order valence-electron chi connectivity index (χ0n) is 28.3. The third-order valence-electron chi connectivity index (χ3n) is 11.1. The average molecular weight is 653 g/mol. The highest BCUT2D eigenvalue weighted by Crippen LogP contribution is 2.32. The van der Waals surface area contributed by atoms with Crippen LogP contribution in [-0.4, -0.2) is 27.8 Å². The van der Waals surface area contributed by atoms with Gasteiger partial charge < -0.3 is 4.57 Å². The average Bonchev–Trinajstić information content (AvgIpc) is 3.46. The maximum absolute atomic E-state index is 13.5. The van der Waals surface area contributed by atoms with Crippen molar-refractivity contribution in [1.29, 1.82) is 0 Å². The fourth-order valence-electron chi connectivity index (χ4n) is 8.56. The molecular weight excluding hydrogens is 613 g/mol. The number of para-hydroxylation sites is 2. The van der Waals surface area contributed by atoms with Gasteiger partial charge in [-0.2, -0.15) is 0 Å². The Bertz CT molecular complexity index is 2350. The van der Waals surface area contributed by atoms with Crippen LogP contribution in [-0.2, 0) is 45.1 Å². The maximum atomic E-state index is 13.5. The van der Waals surface area contributed by atoms with Gasteiger partial charge in [-0.3, -0.25) is 14.5 Å². The molecule has 12 rings (SSSR count). The summed E-state index contributed by atoms with van der Waals surface area (Å²) in [5.74, 6) is -0.353. The van der Waals surface area contributed by atoms with Crippen LogP contribution in [0.25, 0.3) is 32.6 Å². The minimum atomic E-state index is -0.177. The monoisotopic (exact) mass is 652 g/mol. The molecule has 0 spiro atoms. The van der Waals surface area contributed by atoms with Crippen LogP contribution in [0.5, 0.6) is 0 Å². The molecule has 0 saturated carbocycles. The molecule has 4 bridgehead atoms. The Morgan fingerprint density at radius 3 is 1.58 bits per heavy atom. The van der Waals surface area contributed by atoms with Crippen LogP contribution in [0.15, 0.2) is 121 Å². The number of hydrogen-bond acceptors (Lipinski definition) is 2. The van der Waals surface area contributed by atoms with Crippen LogP contribution in [0.4, 0.5) is 0 Å². The zero-order chi connectivity index (χ0) is 33.6. The van der Waals surface area contributed by atoms with Gasteiger partial charge in [0.25, 0.3) is 11.8 Å². The van der Waals surface area contributed by atoms with Crippen molar-refractivity contribution in [3.05, 3.63) is 166 Å². The van der Waals surface area contributed by atoms with E-state index < -0.39 is 0 Å². The summed E-state index contributed by atoms with van der Waals surface area (Å²) < 4.78 is 2.51. The number of hydrogen-bond donors (Lipinski definition) is 0. The molecule has 4 heteroatoms. The lowest BCUT2D eigenvalue weighted by Gasteiger charge is -2.27. The fourth-order valence-corrected chi connectivity index (χ4v) is 8.56. The molecule has 0 N–H and O–H groups in total. The molecule has 246 valence electrons. The second-order valence-corrected chi connectivity index (χ2v) is 14.1. The molecule has 4 aliphatic carbocycles. The lowest BCUT2D eigenvalue weighted by molar-refractivity contribution is 0.0609. The molecule has 7 aromatic rings. The number of fused-ring (bicyclic) bond motifs is 3. The minimum absolute atomic E-state index is 0.177. The molecule has 0 fully saturated rings. The molecular formula is C46H40N2O2. The quantitative estimate of drug-likeness (QED) is 0.153. The van der Waals surface area contributed by atoms with Crippen LogP contribution in [0.1, 0.15) is 66.9 Å². The summed E-state index contributed by atoms with van der Waals surface area (Å²) in [6, 6.07) is 43.2. The van der Waals surface area contributed by atoms with Crippen molar-refractivity contribution in [3.8, 4) is 0 Å². The van der Waals surface area contributed by atoms with Crippen LogP contribution >= 0.6 is 0 Å². The van der Waals surface area contributed by atoms with Gasteiger partial charge in [0.1, 0.15) is 0 Å².